The van der Waals surface area contributed by atoms with Crippen molar-refractivity contribution in [1.82, 2.24) is 30.2 Å². The minimum Gasteiger partial charge on any atom is -0.368 e. The molecule has 1 saturated heterocycles. The Labute approximate surface area is 202 Å². The first-order chi connectivity index (χ1) is 16.5. The number of rotatable bonds is 7. The fraction of sp³-hybridized carbons (Fsp3) is 0.304. The molecule has 3 heterocycles. The Morgan fingerprint density at radius 1 is 1.03 bits per heavy atom. The second kappa shape index (κ2) is 10.9. The maximum Gasteiger partial charge on any atom is 0.274 e. The molecule has 2 aromatic heterocycles. The van der Waals surface area contributed by atoms with E-state index in [-0.39, 0.29) is 11.8 Å². The van der Waals surface area contributed by atoms with E-state index in [1.165, 1.54) is 19.3 Å². The first-order valence-corrected chi connectivity index (χ1v) is 11.3. The van der Waals surface area contributed by atoms with Gasteiger partial charge >= 0.3 is 0 Å². The lowest BCUT2D eigenvalue weighted by Gasteiger charge is -2.35. The number of benzene rings is 1. The van der Waals surface area contributed by atoms with E-state index < -0.39 is 0 Å². The van der Waals surface area contributed by atoms with Crippen LogP contribution in [0.25, 0.3) is 11.4 Å². The highest BCUT2D eigenvalue weighted by molar-refractivity contribution is 6.30. The number of amides is 2. The molecule has 4 rings (SSSR count). The third-order valence-electron chi connectivity index (χ3n) is 5.29. The fourth-order valence-electron chi connectivity index (χ4n) is 3.55. The first kappa shape index (κ1) is 23.4. The molecule has 0 radical (unpaired) electrons. The van der Waals surface area contributed by atoms with Crippen molar-refractivity contribution in [3.8, 4) is 11.4 Å². The maximum atomic E-state index is 12.7. The van der Waals surface area contributed by atoms with E-state index in [0.717, 1.165) is 11.4 Å². The Hall–Kier alpha value is -3.79. The number of anilines is 2. The maximum absolute atomic E-state index is 12.7. The summed E-state index contributed by atoms with van der Waals surface area (Å²) >= 11 is 6.04. The SMILES string of the molecule is CC(=O)NCCNc1cc(N2CCN(C(=O)c3cnccn3)CC2)nc(-c2ccc(Cl)cc2)n1. The number of piperazine rings is 1. The minimum absolute atomic E-state index is 0.0825. The van der Waals surface area contributed by atoms with Gasteiger partial charge in [-0.2, -0.15) is 0 Å². The van der Waals surface area contributed by atoms with Gasteiger partial charge in [-0.05, 0) is 24.3 Å². The van der Waals surface area contributed by atoms with Crippen LogP contribution in [0.2, 0.25) is 5.02 Å². The van der Waals surface area contributed by atoms with Crippen LogP contribution in [0.4, 0.5) is 11.6 Å². The zero-order valence-corrected chi connectivity index (χ0v) is 19.5. The van der Waals surface area contributed by atoms with Gasteiger partial charge in [0.05, 0.1) is 6.20 Å². The Morgan fingerprint density at radius 2 is 1.79 bits per heavy atom. The molecule has 0 saturated carbocycles. The van der Waals surface area contributed by atoms with E-state index in [0.29, 0.717) is 61.6 Å². The van der Waals surface area contributed by atoms with Crippen LogP contribution in [0, 0.1) is 0 Å². The average molecular weight is 481 g/mol. The Kier molecular flexibility index (Phi) is 7.48. The second-order valence-electron chi connectivity index (χ2n) is 7.72. The molecule has 1 fully saturated rings. The van der Waals surface area contributed by atoms with Gasteiger partial charge in [0.25, 0.3) is 5.91 Å². The van der Waals surface area contributed by atoms with Crippen molar-refractivity contribution in [2.45, 2.75) is 6.92 Å². The third-order valence-corrected chi connectivity index (χ3v) is 5.55. The number of hydrogen-bond acceptors (Lipinski definition) is 8. The first-order valence-electron chi connectivity index (χ1n) is 10.9. The summed E-state index contributed by atoms with van der Waals surface area (Å²) in [6.07, 6.45) is 4.55. The molecule has 0 spiro atoms. The van der Waals surface area contributed by atoms with Gasteiger partial charge in [0.15, 0.2) is 5.82 Å². The molecule has 3 aromatic rings. The zero-order chi connectivity index (χ0) is 23.9. The summed E-state index contributed by atoms with van der Waals surface area (Å²) in [6.45, 7) is 4.81. The van der Waals surface area contributed by atoms with Crippen LogP contribution in [0.5, 0.6) is 0 Å². The lowest BCUT2D eigenvalue weighted by Crippen LogP contribution is -2.49. The number of hydrogen-bond donors (Lipinski definition) is 2. The lowest BCUT2D eigenvalue weighted by atomic mass is 10.2. The molecular weight excluding hydrogens is 456 g/mol. The average Bonchev–Trinajstić information content (AvgIpc) is 2.87. The summed E-state index contributed by atoms with van der Waals surface area (Å²) < 4.78 is 0. The number of nitrogens with zero attached hydrogens (tertiary/aromatic N) is 6. The summed E-state index contributed by atoms with van der Waals surface area (Å²) in [5.74, 6) is 1.76. The number of halogens is 1. The molecular formula is C23H25ClN8O2. The summed E-state index contributed by atoms with van der Waals surface area (Å²) in [6, 6.07) is 9.23. The molecule has 10 nitrogen and oxygen atoms in total. The van der Waals surface area contributed by atoms with E-state index in [1.54, 1.807) is 23.2 Å². The Morgan fingerprint density at radius 3 is 2.47 bits per heavy atom. The van der Waals surface area contributed by atoms with E-state index >= 15 is 0 Å². The molecule has 1 aliphatic heterocycles. The van der Waals surface area contributed by atoms with Gasteiger partial charge in [-0.1, -0.05) is 11.6 Å². The van der Waals surface area contributed by atoms with Crippen molar-refractivity contribution in [3.63, 3.8) is 0 Å². The van der Waals surface area contributed by atoms with E-state index in [1.807, 2.05) is 18.2 Å². The van der Waals surface area contributed by atoms with Gasteiger partial charge in [-0.25, -0.2) is 15.0 Å². The van der Waals surface area contributed by atoms with Crippen molar-refractivity contribution in [1.29, 1.82) is 0 Å². The van der Waals surface area contributed by atoms with Crippen molar-refractivity contribution >= 4 is 35.1 Å². The monoisotopic (exact) mass is 480 g/mol. The molecule has 34 heavy (non-hydrogen) atoms. The van der Waals surface area contributed by atoms with Gasteiger partial charge in [0.2, 0.25) is 5.91 Å². The van der Waals surface area contributed by atoms with Gasteiger partial charge in [-0.15, -0.1) is 0 Å². The summed E-state index contributed by atoms with van der Waals surface area (Å²) in [5, 5.41) is 6.65. The minimum atomic E-state index is -0.127. The van der Waals surface area contributed by atoms with Crippen molar-refractivity contribution in [2.24, 2.45) is 0 Å². The highest BCUT2D eigenvalue weighted by atomic mass is 35.5. The highest BCUT2D eigenvalue weighted by Crippen LogP contribution is 2.25. The number of nitrogens with one attached hydrogen (secondary N) is 2. The predicted octanol–water partition coefficient (Wildman–Crippen LogP) is 2.10. The third kappa shape index (κ3) is 5.96. The van der Waals surface area contributed by atoms with Crippen molar-refractivity contribution < 1.29 is 9.59 Å². The molecule has 0 bridgehead atoms. The molecule has 0 aliphatic carbocycles. The van der Waals surface area contributed by atoms with Crippen LogP contribution in [0.3, 0.4) is 0 Å². The van der Waals surface area contributed by atoms with Crippen LogP contribution in [0.15, 0.2) is 48.9 Å². The van der Waals surface area contributed by atoms with Crippen LogP contribution < -0.4 is 15.5 Å². The predicted molar refractivity (Wildman–Crippen MR) is 130 cm³/mol. The van der Waals surface area contributed by atoms with Gasteiger partial charge in [0, 0.05) is 75.2 Å². The van der Waals surface area contributed by atoms with E-state index in [9.17, 15) is 9.59 Å². The van der Waals surface area contributed by atoms with Crippen LogP contribution >= 0.6 is 11.6 Å². The van der Waals surface area contributed by atoms with Crippen LogP contribution in [-0.4, -0.2) is 75.9 Å². The van der Waals surface area contributed by atoms with Crippen LogP contribution in [0.1, 0.15) is 17.4 Å². The standard InChI is InChI=1S/C23H25ClN8O2/c1-16(33)26-8-9-28-20-14-21(30-22(29-20)17-2-4-18(24)5-3-17)31-10-12-32(13-11-31)23(34)19-15-25-6-7-27-19/h2-7,14-15H,8-13H2,1H3,(H,26,33)(H,28,29,30). The molecule has 1 aromatic carbocycles. The quantitative estimate of drug-likeness (QED) is 0.494. The smallest absolute Gasteiger partial charge is 0.274 e. The van der Waals surface area contributed by atoms with Crippen molar-refractivity contribution in [2.75, 3.05) is 49.5 Å². The lowest BCUT2D eigenvalue weighted by molar-refractivity contribution is -0.118. The Bertz CT molecular complexity index is 1140. The highest BCUT2D eigenvalue weighted by Gasteiger charge is 2.24. The summed E-state index contributed by atoms with van der Waals surface area (Å²) in [7, 11) is 0. The molecule has 176 valence electrons. The van der Waals surface area contributed by atoms with Gasteiger partial charge in [0.1, 0.15) is 17.3 Å². The fourth-order valence-corrected chi connectivity index (χ4v) is 3.68. The van der Waals surface area contributed by atoms with E-state index in [2.05, 4.69) is 30.5 Å². The van der Waals surface area contributed by atoms with Crippen LogP contribution in [-0.2, 0) is 4.79 Å². The topological polar surface area (TPSA) is 116 Å². The number of carbonyl (C=O) groups is 2. The number of aromatic nitrogens is 4. The molecule has 0 unspecified atom stereocenters. The van der Waals surface area contributed by atoms with Gasteiger partial charge in [-0.3, -0.25) is 14.6 Å². The Balaban J connectivity index is 1.50. The normalized spacial score (nSPS) is 13.5. The molecule has 0 atom stereocenters. The molecule has 1 aliphatic rings. The largest absolute Gasteiger partial charge is 0.368 e. The zero-order valence-electron chi connectivity index (χ0n) is 18.7. The van der Waals surface area contributed by atoms with E-state index in [4.69, 9.17) is 16.6 Å². The van der Waals surface area contributed by atoms with Crippen molar-refractivity contribution in [3.05, 3.63) is 59.6 Å². The van der Waals surface area contributed by atoms with Gasteiger partial charge < -0.3 is 20.4 Å². The summed E-state index contributed by atoms with van der Waals surface area (Å²) in [5.41, 5.74) is 1.18. The molecule has 2 amide bonds. The molecule has 2 N–H and O–H groups in total. The summed E-state index contributed by atoms with van der Waals surface area (Å²) in [4.78, 5) is 45.2. The molecule has 11 heteroatoms. The number of carbonyl (C=O) groups excluding carboxylic acids is 2. The second-order valence-corrected chi connectivity index (χ2v) is 8.16.